The van der Waals surface area contributed by atoms with Gasteiger partial charge in [0.05, 0.1) is 23.4 Å². The maximum atomic E-state index is 13.2. The second kappa shape index (κ2) is 8.73. The van der Waals surface area contributed by atoms with E-state index in [1.807, 2.05) is 38.1 Å². The first kappa shape index (κ1) is 20.8. The Kier molecular flexibility index (Phi) is 5.85. The van der Waals surface area contributed by atoms with Crippen LogP contribution in [0.1, 0.15) is 39.5 Å². The Bertz CT molecular complexity index is 1210. The summed E-state index contributed by atoms with van der Waals surface area (Å²) in [5.74, 6) is 1.41. The molecular weight excluding hydrogens is 414 g/mol. The van der Waals surface area contributed by atoms with E-state index in [0.29, 0.717) is 22.9 Å². The summed E-state index contributed by atoms with van der Waals surface area (Å²) in [4.78, 5) is 25.1. The lowest BCUT2D eigenvalue weighted by Crippen LogP contribution is -2.29. The number of para-hydroxylation sites is 1. The van der Waals surface area contributed by atoms with Crippen molar-refractivity contribution in [2.24, 2.45) is 0 Å². The van der Waals surface area contributed by atoms with Crippen molar-refractivity contribution in [2.45, 2.75) is 26.4 Å². The van der Waals surface area contributed by atoms with Crippen LogP contribution in [0.5, 0.6) is 5.75 Å². The lowest BCUT2D eigenvalue weighted by Gasteiger charge is -2.22. The Morgan fingerprint density at radius 1 is 1.29 bits per heavy atom. The van der Waals surface area contributed by atoms with E-state index in [1.165, 1.54) is 23.9 Å². The number of hydrogen-bond donors (Lipinski definition) is 1. The molecule has 0 aliphatic rings. The molecule has 3 heterocycles. The van der Waals surface area contributed by atoms with E-state index in [9.17, 15) is 4.79 Å². The zero-order valence-electron chi connectivity index (χ0n) is 17.7. The first-order chi connectivity index (χ1) is 15.0. The maximum absolute atomic E-state index is 13.2. The highest BCUT2D eigenvalue weighted by molar-refractivity contribution is 7.20. The zero-order chi connectivity index (χ0) is 22.0. The molecule has 0 aliphatic heterocycles. The van der Waals surface area contributed by atoms with Crippen LogP contribution in [0, 0.1) is 6.92 Å². The normalized spacial score (nSPS) is 12.0. The van der Waals surface area contributed by atoms with Gasteiger partial charge < -0.3 is 19.5 Å². The van der Waals surface area contributed by atoms with Gasteiger partial charge in [-0.15, -0.1) is 11.3 Å². The quantitative estimate of drug-likeness (QED) is 0.457. The molecule has 0 aliphatic carbocycles. The summed E-state index contributed by atoms with van der Waals surface area (Å²) in [7, 11) is 3.41. The third-order valence-corrected chi connectivity index (χ3v) is 6.53. The van der Waals surface area contributed by atoms with Gasteiger partial charge in [-0.05, 0) is 25.5 Å². The van der Waals surface area contributed by atoms with Crippen molar-refractivity contribution < 1.29 is 14.1 Å². The number of aryl methyl sites for hydroxylation is 1. The first-order valence-electron chi connectivity index (χ1n) is 9.78. The first-order valence-corrected chi connectivity index (χ1v) is 10.6. The number of thiophene rings is 1. The predicted molar refractivity (Wildman–Crippen MR) is 119 cm³/mol. The average molecular weight is 438 g/mol. The van der Waals surface area contributed by atoms with Gasteiger partial charge in [-0.25, -0.2) is 9.97 Å². The number of nitrogens with zero attached hydrogens (tertiary/aromatic N) is 4. The molecule has 0 bridgehead atoms. The Balaban J connectivity index is 1.62. The minimum absolute atomic E-state index is 0.0910. The molecule has 0 saturated heterocycles. The molecule has 3 aromatic heterocycles. The van der Waals surface area contributed by atoms with E-state index in [0.717, 1.165) is 27.1 Å². The molecule has 4 aromatic rings. The molecule has 1 N–H and O–H groups in total. The van der Waals surface area contributed by atoms with Gasteiger partial charge in [0.15, 0.2) is 0 Å². The summed E-state index contributed by atoms with van der Waals surface area (Å²) in [5, 5.41) is 8.18. The smallest absolute Gasteiger partial charge is 0.264 e. The molecule has 1 atom stereocenters. The van der Waals surface area contributed by atoms with Gasteiger partial charge in [-0.1, -0.05) is 23.4 Å². The SMILES string of the molecule is COc1ccccc1CNc1ncnc2sc(C(=O)N(C)[C@H](C)c3ccon3)c(C)c12. The summed E-state index contributed by atoms with van der Waals surface area (Å²) < 4.78 is 10.3. The predicted octanol–water partition coefficient (Wildman–Crippen LogP) is 4.44. The molecule has 0 radical (unpaired) electrons. The molecule has 0 fully saturated rings. The second-order valence-electron chi connectivity index (χ2n) is 7.14. The highest BCUT2D eigenvalue weighted by Gasteiger charge is 2.26. The topological polar surface area (TPSA) is 93.4 Å². The number of fused-ring (bicyclic) bond motifs is 1. The van der Waals surface area contributed by atoms with Crippen LogP contribution in [0.15, 0.2) is 47.4 Å². The molecular formula is C22H23N5O3S. The van der Waals surface area contributed by atoms with Crippen molar-refractivity contribution in [3.05, 3.63) is 64.6 Å². The van der Waals surface area contributed by atoms with Gasteiger partial charge >= 0.3 is 0 Å². The number of methoxy groups -OCH3 is 1. The van der Waals surface area contributed by atoms with E-state index in [1.54, 1.807) is 25.1 Å². The minimum Gasteiger partial charge on any atom is -0.496 e. The van der Waals surface area contributed by atoms with Crippen LogP contribution in [-0.4, -0.2) is 40.1 Å². The molecule has 0 saturated carbocycles. The highest BCUT2D eigenvalue weighted by atomic mass is 32.1. The van der Waals surface area contributed by atoms with Crippen LogP contribution in [0.2, 0.25) is 0 Å². The number of amides is 1. The number of ether oxygens (including phenoxy) is 1. The Labute approximate surface area is 183 Å². The summed E-state index contributed by atoms with van der Waals surface area (Å²) in [5.41, 5.74) is 2.57. The fraction of sp³-hybridized carbons (Fsp3) is 0.273. The number of nitrogens with one attached hydrogen (secondary N) is 1. The molecule has 1 aromatic carbocycles. The number of hydrogen-bond acceptors (Lipinski definition) is 8. The zero-order valence-corrected chi connectivity index (χ0v) is 18.6. The Morgan fingerprint density at radius 3 is 2.84 bits per heavy atom. The van der Waals surface area contributed by atoms with Gasteiger partial charge in [0, 0.05) is 25.2 Å². The number of carbonyl (C=O) groups is 1. The van der Waals surface area contributed by atoms with Crippen LogP contribution in [0.3, 0.4) is 0 Å². The van der Waals surface area contributed by atoms with Gasteiger partial charge in [0.25, 0.3) is 5.91 Å². The fourth-order valence-electron chi connectivity index (χ4n) is 3.41. The maximum Gasteiger partial charge on any atom is 0.264 e. The van der Waals surface area contributed by atoms with Gasteiger partial charge in [0.2, 0.25) is 0 Å². The summed E-state index contributed by atoms with van der Waals surface area (Å²) >= 11 is 1.37. The van der Waals surface area contributed by atoms with Crippen molar-refractivity contribution in [3.8, 4) is 5.75 Å². The van der Waals surface area contributed by atoms with Crippen molar-refractivity contribution in [2.75, 3.05) is 19.5 Å². The summed E-state index contributed by atoms with van der Waals surface area (Å²) in [6.07, 6.45) is 3.02. The molecule has 4 rings (SSSR count). The molecule has 9 heteroatoms. The van der Waals surface area contributed by atoms with E-state index in [-0.39, 0.29) is 11.9 Å². The fourth-order valence-corrected chi connectivity index (χ4v) is 4.54. The van der Waals surface area contributed by atoms with E-state index in [4.69, 9.17) is 9.26 Å². The molecule has 8 nitrogen and oxygen atoms in total. The van der Waals surface area contributed by atoms with Crippen LogP contribution in [-0.2, 0) is 6.54 Å². The van der Waals surface area contributed by atoms with Crippen molar-refractivity contribution in [3.63, 3.8) is 0 Å². The number of aromatic nitrogens is 3. The molecule has 0 spiro atoms. The molecule has 31 heavy (non-hydrogen) atoms. The van der Waals surface area contributed by atoms with E-state index < -0.39 is 0 Å². The van der Waals surface area contributed by atoms with Crippen LogP contribution < -0.4 is 10.1 Å². The summed E-state index contributed by atoms with van der Waals surface area (Å²) in [6, 6.07) is 9.36. The number of rotatable bonds is 7. The van der Waals surface area contributed by atoms with Crippen LogP contribution >= 0.6 is 11.3 Å². The largest absolute Gasteiger partial charge is 0.496 e. The monoisotopic (exact) mass is 437 g/mol. The van der Waals surface area contributed by atoms with E-state index >= 15 is 0 Å². The number of anilines is 1. The minimum atomic E-state index is -0.218. The van der Waals surface area contributed by atoms with Gasteiger partial charge in [-0.3, -0.25) is 4.79 Å². The van der Waals surface area contributed by atoms with Crippen LogP contribution in [0.4, 0.5) is 5.82 Å². The van der Waals surface area contributed by atoms with Crippen LogP contribution in [0.25, 0.3) is 10.2 Å². The lowest BCUT2D eigenvalue weighted by molar-refractivity contribution is 0.0742. The highest BCUT2D eigenvalue weighted by Crippen LogP contribution is 2.35. The van der Waals surface area contributed by atoms with E-state index in [2.05, 4.69) is 20.4 Å². The standard InChI is InChI=1S/C22H23N5O3S/c1-13-18-20(23-11-15-7-5-6-8-17(15)29-4)24-12-25-21(18)31-19(13)22(28)27(3)14(2)16-9-10-30-26-16/h5-10,12,14H,11H2,1-4H3,(H,23,24,25)/t14-/m1/s1. The second-order valence-corrected chi connectivity index (χ2v) is 8.14. The van der Waals surface area contributed by atoms with Crippen molar-refractivity contribution >= 4 is 33.3 Å². The average Bonchev–Trinajstić information content (AvgIpc) is 3.45. The van der Waals surface area contributed by atoms with Gasteiger partial charge in [-0.2, -0.15) is 0 Å². The van der Waals surface area contributed by atoms with Crippen molar-refractivity contribution in [1.29, 1.82) is 0 Å². The number of benzene rings is 1. The lowest BCUT2D eigenvalue weighted by atomic mass is 10.1. The third kappa shape index (κ3) is 3.96. The molecule has 0 unspecified atom stereocenters. The Hall–Kier alpha value is -3.46. The number of carbonyl (C=O) groups excluding carboxylic acids is 1. The summed E-state index contributed by atoms with van der Waals surface area (Å²) in [6.45, 7) is 4.38. The Morgan fingerprint density at radius 2 is 2.10 bits per heavy atom. The molecule has 1 amide bonds. The van der Waals surface area contributed by atoms with Crippen molar-refractivity contribution in [1.82, 2.24) is 20.0 Å². The third-order valence-electron chi connectivity index (χ3n) is 5.35. The molecule has 160 valence electrons. The van der Waals surface area contributed by atoms with Gasteiger partial charge in [0.1, 0.15) is 34.7 Å².